The van der Waals surface area contributed by atoms with Gasteiger partial charge in [-0.25, -0.2) is 0 Å². The van der Waals surface area contributed by atoms with Crippen molar-refractivity contribution in [2.75, 3.05) is 0 Å². The van der Waals surface area contributed by atoms with E-state index in [0.29, 0.717) is 9.41 Å². The van der Waals surface area contributed by atoms with Crippen molar-refractivity contribution in [1.29, 1.82) is 0 Å². The number of rotatable bonds is 2. The van der Waals surface area contributed by atoms with Gasteiger partial charge in [-0.05, 0) is 35.0 Å². The molecule has 98 valence electrons. The zero-order valence-corrected chi connectivity index (χ0v) is 12.2. The smallest absolute Gasteiger partial charge is 0.175 e. The molecular weight excluding hydrogens is 284 g/mol. The van der Waals surface area contributed by atoms with Gasteiger partial charge in [0.25, 0.3) is 0 Å². The van der Waals surface area contributed by atoms with Gasteiger partial charge in [-0.2, -0.15) is 0 Å². The maximum absolute atomic E-state index is 5.15. The second-order valence-electron chi connectivity index (χ2n) is 4.44. The average molecular weight is 296 g/mol. The van der Waals surface area contributed by atoms with Gasteiger partial charge >= 0.3 is 0 Å². The summed E-state index contributed by atoms with van der Waals surface area (Å²) in [7, 11) is 0. The van der Waals surface area contributed by atoms with Crippen molar-refractivity contribution in [3.05, 3.63) is 70.1 Å². The highest BCUT2D eigenvalue weighted by molar-refractivity contribution is 7.72. The van der Waals surface area contributed by atoms with Crippen molar-refractivity contribution >= 4 is 24.4 Å². The number of hydrogen-bond donors (Lipinski definition) is 2. The zero-order valence-electron chi connectivity index (χ0n) is 10.6. The first-order valence-electron chi connectivity index (χ1n) is 6.22. The van der Waals surface area contributed by atoms with E-state index in [4.69, 9.17) is 24.4 Å². The van der Waals surface area contributed by atoms with E-state index in [9.17, 15) is 0 Å². The molecule has 0 bridgehead atoms. The Morgan fingerprint density at radius 2 is 1.25 bits per heavy atom. The Morgan fingerprint density at radius 1 is 0.650 bits per heavy atom. The summed E-state index contributed by atoms with van der Waals surface area (Å²) in [6, 6.07) is 20.5. The number of benzene rings is 2. The van der Waals surface area contributed by atoms with Gasteiger partial charge in [0.1, 0.15) is 4.64 Å². The lowest BCUT2D eigenvalue weighted by molar-refractivity contribution is 1.12. The highest BCUT2D eigenvalue weighted by atomic mass is 32.1. The van der Waals surface area contributed by atoms with E-state index in [0.717, 1.165) is 11.3 Å². The Balaban J connectivity index is 2.01. The van der Waals surface area contributed by atoms with Crippen LogP contribution in [0.15, 0.2) is 60.7 Å². The lowest BCUT2D eigenvalue weighted by Gasteiger charge is -2.05. The van der Waals surface area contributed by atoms with Crippen molar-refractivity contribution in [2.24, 2.45) is 0 Å². The first-order chi connectivity index (χ1) is 9.72. The van der Waals surface area contributed by atoms with E-state index in [2.05, 4.69) is 46.4 Å². The normalized spacial score (nSPS) is 10.4. The Bertz CT molecular complexity index is 802. The van der Waals surface area contributed by atoms with E-state index in [-0.39, 0.29) is 0 Å². The van der Waals surface area contributed by atoms with Crippen LogP contribution < -0.4 is 0 Å². The largest absolute Gasteiger partial charge is 0.332 e. The number of aromatic nitrogens is 2. The third kappa shape index (κ3) is 2.76. The molecule has 2 aromatic carbocycles. The minimum atomic E-state index is 0.541. The summed E-state index contributed by atoms with van der Waals surface area (Å²) >= 11 is 10.3. The lowest BCUT2D eigenvalue weighted by atomic mass is 10.0. The van der Waals surface area contributed by atoms with Crippen molar-refractivity contribution in [3.8, 4) is 22.4 Å². The third-order valence-electron chi connectivity index (χ3n) is 3.06. The molecule has 0 saturated carbocycles. The highest BCUT2D eigenvalue weighted by Gasteiger charge is 2.00. The van der Waals surface area contributed by atoms with Crippen LogP contribution in [0.25, 0.3) is 22.4 Å². The molecule has 0 fully saturated rings. The second-order valence-corrected chi connectivity index (χ2v) is 5.29. The minimum Gasteiger partial charge on any atom is -0.332 e. The van der Waals surface area contributed by atoms with Gasteiger partial charge in [0.05, 0.1) is 5.69 Å². The second kappa shape index (κ2) is 5.53. The van der Waals surface area contributed by atoms with Crippen molar-refractivity contribution in [2.45, 2.75) is 0 Å². The Kier molecular flexibility index (Phi) is 3.58. The van der Waals surface area contributed by atoms with E-state index >= 15 is 0 Å². The predicted molar refractivity (Wildman–Crippen MR) is 87.7 cm³/mol. The molecule has 0 spiro atoms. The van der Waals surface area contributed by atoms with Gasteiger partial charge in [-0.15, -0.1) is 0 Å². The molecule has 0 radical (unpaired) electrons. The van der Waals surface area contributed by atoms with Crippen LogP contribution in [0.1, 0.15) is 0 Å². The maximum atomic E-state index is 5.15. The van der Waals surface area contributed by atoms with Crippen LogP contribution in [0.5, 0.6) is 0 Å². The molecule has 0 aliphatic heterocycles. The summed E-state index contributed by atoms with van der Waals surface area (Å²) in [6.07, 6.45) is 0. The molecule has 1 heterocycles. The molecule has 0 atom stereocenters. The topological polar surface area (TPSA) is 31.6 Å². The summed E-state index contributed by atoms with van der Waals surface area (Å²) < 4.78 is 1.18. The lowest BCUT2D eigenvalue weighted by Crippen LogP contribution is -1.88. The Labute approximate surface area is 127 Å². The number of aromatic amines is 2. The molecule has 0 amide bonds. The monoisotopic (exact) mass is 296 g/mol. The standard InChI is InChI=1S/C16H12N2S2/c19-15-10-14(17-16(20)18-15)13-8-6-12(7-9-13)11-4-2-1-3-5-11/h1-10H,(H2,17,18,19,20). The van der Waals surface area contributed by atoms with E-state index < -0.39 is 0 Å². The fourth-order valence-electron chi connectivity index (χ4n) is 2.10. The number of nitrogens with one attached hydrogen (secondary N) is 2. The van der Waals surface area contributed by atoms with Crippen molar-refractivity contribution in [3.63, 3.8) is 0 Å². The van der Waals surface area contributed by atoms with Gasteiger partial charge < -0.3 is 9.97 Å². The minimum absolute atomic E-state index is 0.541. The zero-order chi connectivity index (χ0) is 13.9. The number of H-pyrrole nitrogens is 2. The van der Waals surface area contributed by atoms with Crippen LogP contribution in [-0.2, 0) is 0 Å². The van der Waals surface area contributed by atoms with Gasteiger partial charge in [0, 0.05) is 0 Å². The summed E-state index contributed by atoms with van der Waals surface area (Å²) in [5.41, 5.74) is 4.39. The van der Waals surface area contributed by atoms with Crippen LogP contribution in [0.4, 0.5) is 0 Å². The molecule has 3 rings (SSSR count). The van der Waals surface area contributed by atoms with Crippen molar-refractivity contribution in [1.82, 2.24) is 9.97 Å². The van der Waals surface area contributed by atoms with Crippen LogP contribution in [-0.4, -0.2) is 9.97 Å². The highest BCUT2D eigenvalue weighted by Crippen LogP contribution is 2.23. The SMILES string of the molecule is S=c1cc(-c2ccc(-c3ccccc3)cc2)[nH]c(=S)[nH]1. The molecule has 4 heteroatoms. The Hall–Kier alpha value is -2.04. The van der Waals surface area contributed by atoms with Gasteiger partial charge in [-0.1, -0.05) is 66.8 Å². The molecule has 2 nitrogen and oxygen atoms in total. The maximum Gasteiger partial charge on any atom is 0.175 e. The molecule has 0 aliphatic carbocycles. The van der Waals surface area contributed by atoms with E-state index in [1.54, 1.807) is 0 Å². The summed E-state index contributed by atoms with van der Waals surface area (Å²) in [6.45, 7) is 0. The summed E-state index contributed by atoms with van der Waals surface area (Å²) in [5, 5.41) is 0. The van der Waals surface area contributed by atoms with Crippen LogP contribution in [0, 0.1) is 9.41 Å². The van der Waals surface area contributed by atoms with Crippen LogP contribution in [0.3, 0.4) is 0 Å². The quantitative estimate of drug-likeness (QED) is 0.642. The Morgan fingerprint density at radius 3 is 1.90 bits per heavy atom. The fourth-order valence-corrected chi connectivity index (χ4v) is 2.60. The molecule has 0 saturated heterocycles. The first-order valence-corrected chi connectivity index (χ1v) is 7.03. The number of hydrogen-bond acceptors (Lipinski definition) is 2. The van der Waals surface area contributed by atoms with Crippen molar-refractivity contribution < 1.29 is 0 Å². The van der Waals surface area contributed by atoms with E-state index in [1.807, 2.05) is 24.3 Å². The van der Waals surface area contributed by atoms with Crippen LogP contribution in [0.2, 0.25) is 0 Å². The first kappa shape index (κ1) is 13.0. The molecule has 1 aromatic heterocycles. The summed E-state index contributed by atoms with van der Waals surface area (Å²) in [5.74, 6) is 0. The van der Waals surface area contributed by atoms with Gasteiger partial charge in [-0.3, -0.25) is 0 Å². The summed E-state index contributed by atoms with van der Waals surface area (Å²) in [4.78, 5) is 6.01. The molecule has 2 N–H and O–H groups in total. The molecule has 20 heavy (non-hydrogen) atoms. The van der Waals surface area contributed by atoms with Crippen LogP contribution >= 0.6 is 24.4 Å². The molecular formula is C16H12N2S2. The molecule has 3 aromatic rings. The molecule has 0 unspecified atom stereocenters. The average Bonchev–Trinajstić information content (AvgIpc) is 2.47. The third-order valence-corrected chi connectivity index (χ3v) is 3.49. The van der Waals surface area contributed by atoms with Gasteiger partial charge in [0.15, 0.2) is 4.77 Å². The fraction of sp³-hybridized carbons (Fsp3) is 0. The predicted octanol–water partition coefficient (Wildman–Crippen LogP) is 5.14. The van der Waals surface area contributed by atoms with E-state index in [1.165, 1.54) is 11.1 Å². The molecule has 0 aliphatic rings. The van der Waals surface area contributed by atoms with Gasteiger partial charge in [0.2, 0.25) is 0 Å².